The van der Waals surface area contributed by atoms with E-state index >= 15 is 0 Å². The first kappa shape index (κ1) is 21.4. The standard InChI is InChI=1S/C23H27Cl2N7O/c1-23(13-33-14-23)31-7-5-30(6-8-31)20-10-18-15(9-17(20)24)11-26-22(28-18)29-19-12-27-32(21(19)25)16-3-2-4-16/h9-12,16H,2-8,13-14H2,1H3,(H,26,28,29). The molecule has 3 fully saturated rings. The van der Waals surface area contributed by atoms with Gasteiger partial charge in [-0.1, -0.05) is 23.2 Å². The van der Waals surface area contributed by atoms with Gasteiger partial charge in [-0.25, -0.2) is 14.6 Å². The van der Waals surface area contributed by atoms with Gasteiger partial charge in [0.15, 0.2) is 5.15 Å². The number of nitrogens with zero attached hydrogens (tertiary/aromatic N) is 6. The molecule has 2 saturated heterocycles. The molecule has 6 rings (SSSR count). The Morgan fingerprint density at radius 3 is 2.55 bits per heavy atom. The van der Waals surface area contributed by atoms with E-state index in [-0.39, 0.29) is 5.54 Å². The Hall–Kier alpha value is -2.13. The lowest BCUT2D eigenvalue weighted by Crippen LogP contribution is -2.64. The van der Waals surface area contributed by atoms with Crippen molar-refractivity contribution in [3.05, 3.63) is 34.7 Å². The first-order valence-electron chi connectivity index (χ1n) is 11.5. The average molecular weight is 488 g/mol. The summed E-state index contributed by atoms with van der Waals surface area (Å²) in [6.07, 6.45) is 7.01. The van der Waals surface area contributed by atoms with Gasteiger partial charge in [-0.05, 0) is 38.3 Å². The lowest BCUT2D eigenvalue weighted by molar-refractivity contribution is -0.131. The summed E-state index contributed by atoms with van der Waals surface area (Å²) in [5, 5.41) is 9.91. The highest BCUT2D eigenvalue weighted by Gasteiger charge is 2.40. The van der Waals surface area contributed by atoms with E-state index in [0.29, 0.717) is 17.1 Å². The fraction of sp³-hybridized carbons (Fsp3) is 0.522. The molecule has 1 N–H and O–H groups in total. The number of hydrogen-bond donors (Lipinski definition) is 1. The molecule has 2 aliphatic heterocycles. The van der Waals surface area contributed by atoms with Crippen LogP contribution in [0.2, 0.25) is 10.2 Å². The van der Waals surface area contributed by atoms with Crippen LogP contribution in [0.4, 0.5) is 17.3 Å². The number of hydrogen-bond acceptors (Lipinski definition) is 7. The molecule has 0 radical (unpaired) electrons. The summed E-state index contributed by atoms with van der Waals surface area (Å²) in [5.41, 5.74) is 2.76. The second-order valence-corrected chi connectivity index (χ2v) is 10.3. The Morgan fingerprint density at radius 1 is 1.09 bits per heavy atom. The molecular formula is C23H27Cl2N7O. The summed E-state index contributed by atoms with van der Waals surface area (Å²) >= 11 is 13.2. The van der Waals surface area contributed by atoms with Crippen LogP contribution in [0.25, 0.3) is 10.9 Å². The molecule has 1 aromatic carbocycles. The molecule has 2 aromatic heterocycles. The molecule has 1 aliphatic carbocycles. The molecule has 0 unspecified atom stereocenters. The van der Waals surface area contributed by atoms with Gasteiger partial charge >= 0.3 is 0 Å². The van der Waals surface area contributed by atoms with E-state index in [2.05, 4.69) is 38.2 Å². The zero-order chi connectivity index (χ0) is 22.6. The van der Waals surface area contributed by atoms with Crippen molar-refractivity contribution in [1.29, 1.82) is 0 Å². The van der Waals surface area contributed by atoms with Crippen molar-refractivity contribution in [2.45, 2.75) is 37.8 Å². The van der Waals surface area contributed by atoms with Crippen molar-refractivity contribution in [2.75, 3.05) is 49.6 Å². The molecule has 0 bridgehead atoms. The monoisotopic (exact) mass is 487 g/mol. The van der Waals surface area contributed by atoms with Gasteiger partial charge in [-0.15, -0.1) is 0 Å². The summed E-state index contributed by atoms with van der Waals surface area (Å²) in [7, 11) is 0. The number of rotatable bonds is 5. The maximum atomic E-state index is 6.67. The van der Waals surface area contributed by atoms with E-state index < -0.39 is 0 Å². The van der Waals surface area contributed by atoms with E-state index in [9.17, 15) is 0 Å². The molecule has 0 atom stereocenters. The average Bonchev–Trinajstić information content (AvgIpc) is 3.10. The fourth-order valence-electron chi connectivity index (χ4n) is 4.85. The van der Waals surface area contributed by atoms with Crippen molar-refractivity contribution >= 4 is 51.4 Å². The molecule has 33 heavy (non-hydrogen) atoms. The Balaban J connectivity index is 1.21. The van der Waals surface area contributed by atoms with Crippen molar-refractivity contribution in [1.82, 2.24) is 24.6 Å². The van der Waals surface area contributed by atoms with Crippen LogP contribution >= 0.6 is 23.2 Å². The molecule has 10 heteroatoms. The third kappa shape index (κ3) is 3.83. The Bertz CT molecular complexity index is 1180. The molecule has 4 heterocycles. The van der Waals surface area contributed by atoms with Crippen LogP contribution in [-0.2, 0) is 4.74 Å². The first-order valence-corrected chi connectivity index (χ1v) is 12.3. The zero-order valence-corrected chi connectivity index (χ0v) is 20.1. The van der Waals surface area contributed by atoms with Gasteiger partial charge in [0.05, 0.1) is 52.9 Å². The van der Waals surface area contributed by atoms with Gasteiger partial charge in [0.1, 0.15) is 0 Å². The molecule has 3 aromatic rings. The highest BCUT2D eigenvalue weighted by molar-refractivity contribution is 6.34. The molecule has 1 saturated carbocycles. The topological polar surface area (TPSA) is 71.3 Å². The third-order valence-corrected chi connectivity index (χ3v) is 7.94. The van der Waals surface area contributed by atoms with Gasteiger partial charge in [0.25, 0.3) is 0 Å². The normalized spacial score (nSPS) is 21.1. The van der Waals surface area contributed by atoms with E-state index in [1.54, 1.807) is 12.4 Å². The van der Waals surface area contributed by atoms with E-state index in [1.165, 1.54) is 6.42 Å². The van der Waals surface area contributed by atoms with Gasteiger partial charge in [-0.3, -0.25) is 4.90 Å². The maximum Gasteiger partial charge on any atom is 0.227 e. The van der Waals surface area contributed by atoms with Gasteiger partial charge < -0.3 is 15.0 Å². The van der Waals surface area contributed by atoms with Gasteiger partial charge in [0, 0.05) is 37.8 Å². The second-order valence-electron chi connectivity index (χ2n) is 9.52. The van der Waals surface area contributed by atoms with Crippen LogP contribution in [-0.4, -0.2) is 69.6 Å². The van der Waals surface area contributed by atoms with Crippen LogP contribution in [0.3, 0.4) is 0 Å². The lowest BCUT2D eigenvalue weighted by Gasteiger charge is -2.50. The van der Waals surface area contributed by atoms with Crippen LogP contribution in [0, 0.1) is 0 Å². The van der Waals surface area contributed by atoms with Crippen LogP contribution in [0.15, 0.2) is 24.5 Å². The quantitative estimate of drug-likeness (QED) is 0.567. The third-order valence-electron chi connectivity index (χ3n) is 7.26. The number of ether oxygens (including phenoxy) is 1. The highest BCUT2D eigenvalue weighted by Crippen LogP contribution is 2.37. The van der Waals surface area contributed by atoms with Gasteiger partial charge in [0.2, 0.25) is 5.95 Å². The maximum absolute atomic E-state index is 6.67. The molecule has 8 nitrogen and oxygen atoms in total. The van der Waals surface area contributed by atoms with Crippen molar-refractivity contribution in [2.24, 2.45) is 0 Å². The summed E-state index contributed by atoms with van der Waals surface area (Å²) in [6, 6.07) is 4.41. The first-order chi connectivity index (χ1) is 16.0. The molecule has 0 spiro atoms. The van der Waals surface area contributed by atoms with Crippen molar-refractivity contribution in [3.8, 4) is 0 Å². The minimum Gasteiger partial charge on any atom is -0.377 e. The van der Waals surface area contributed by atoms with Crippen LogP contribution in [0.1, 0.15) is 32.2 Å². The van der Waals surface area contributed by atoms with E-state index in [4.69, 9.17) is 32.9 Å². The van der Waals surface area contributed by atoms with Crippen LogP contribution in [0.5, 0.6) is 0 Å². The summed E-state index contributed by atoms with van der Waals surface area (Å²) in [6.45, 7) is 7.76. The second kappa shape index (κ2) is 8.27. The summed E-state index contributed by atoms with van der Waals surface area (Å²) in [4.78, 5) is 14.1. The van der Waals surface area contributed by atoms with E-state index in [1.807, 2.05) is 10.7 Å². The number of nitrogens with one attached hydrogen (secondary N) is 1. The molecular weight excluding hydrogens is 461 g/mol. The number of piperazine rings is 1. The summed E-state index contributed by atoms with van der Waals surface area (Å²) < 4.78 is 7.33. The van der Waals surface area contributed by atoms with E-state index in [0.717, 1.165) is 79.5 Å². The Kier molecular flexibility index (Phi) is 5.36. The van der Waals surface area contributed by atoms with Crippen molar-refractivity contribution in [3.63, 3.8) is 0 Å². The molecule has 174 valence electrons. The number of anilines is 3. The molecule has 3 aliphatic rings. The van der Waals surface area contributed by atoms with Crippen molar-refractivity contribution < 1.29 is 4.74 Å². The number of fused-ring (bicyclic) bond motifs is 1. The number of halogens is 2. The Labute approximate surface area is 202 Å². The Morgan fingerprint density at radius 2 is 1.88 bits per heavy atom. The largest absolute Gasteiger partial charge is 0.377 e. The minimum absolute atomic E-state index is 0.181. The fourth-order valence-corrected chi connectivity index (χ4v) is 5.42. The lowest BCUT2D eigenvalue weighted by atomic mass is 9.93. The predicted molar refractivity (Wildman–Crippen MR) is 131 cm³/mol. The van der Waals surface area contributed by atoms with Crippen LogP contribution < -0.4 is 10.2 Å². The SMILES string of the molecule is CC1(N2CCN(c3cc4nc(Nc5cnn(C6CCC6)c5Cl)ncc4cc3Cl)CC2)COC1. The zero-order valence-electron chi connectivity index (χ0n) is 18.6. The smallest absolute Gasteiger partial charge is 0.227 e. The highest BCUT2D eigenvalue weighted by atomic mass is 35.5. The minimum atomic E-state index is 0.181. The number of aromatic nitrogens is 4. The molecule has 0 amide bonds. The summed E-state index contributed by atoms with van der Waals surface area (Å²) in [5.74, 6) is 0.494. The predicted octanol–water partition coefficient (Wildman–Crippen LogP) is 4.51. The van der Waals surface area contributed by atoms with Gasteiger partial charge in [-0.2, -0.15) is 5.10 Å². The number of benzene rings is 1.